The molecule has 5 nitrogen and oxygen atoms in total. The molecular weight excluding hydrogens is 432 g/mol. The van der Waals surface area contributed by atoms with Crippen LogP contribution in [0, 0.1) is 0 Å². The number of amides is 2. The van der Waals surface area contributed by atoms with E-state index in [4.69, 9.17) is 16.3 Å². The fourth-order valence-corrected chi connectivity index (χ4v) is 2.69. The van der Waals surface area contributed by atoms with Crippen molar-refractivity contribution >= 4 is 50.7 Å². The third-order valence-corrected chi connectivity index (χ3v) is 4.57. The van der Waals surface area contributed by atoms with Crippen LogP contribution >= 0.6 is 27.5 Å². The van der Waals surface area contributed by atoms with Crippen molar-refractivity contribution in [1.82, 2.24) is 0 Å². The van der Waals surface area contributed by atoms with Crippen LogP contribution < -0.4 is 15.4 Å². The van der Waals surface area contributed by atoms with Crippen molar-refractivity contribution in [2.45, 2.75) is 39.2 Å². The molecule has 2 N–H and O–H groups in total. The van der Waals surface area contributed by atoms with Crippen LogP contribution in [0.15, 0.2) is 46.9 Å². The number of halogens is 2. The summed E-state index contributed by atoms with van der Waals surface area (Å²) in [6.45, 7) is 5.27. The number of benzene rings is 2. The van der Waals surface area contributed by atoms with Crippen molar-refractivity contribution in [1.29, 1.82) is 0 Å². The largest absolute Gasteiger partial charge is 0.478 e. The summed E-state index contributed by atoms with van der Waals surface area (Å²) in [6, 6.07) is 12.2. The van der Waals surface area contributed by atoms with Crippen LogP contribution in [0.1, 0.15) is 33.6 Å². The highest BCUT2D eigenvalue weighted by atomic mass is 79.9. The average Bonchev–Trinajstić information content (AvgIpc) is 2.60. The number of carbonyl (C=O) groups is 2. The van der Waals surface area contributed by atoms with E-state index < -0.39 is 5.60 Å². The Morgan fingerprint density at radius 1 is 1.11 bits per heavy atom. The molecule has 0 spiro atoms. The molecule has 2 aromatic carbocycles. The fourth-order valence-electron chi connectivity index (χ4n) is 2.27. The van der Waals surface area contributed by atoms with Crippen molar-refractivity contribution in [3.05, 3.63) is 52.0 Å². The molecule has 0 aliphatic rings. The number of carbonyl (C=O) groups excluding carboxylic acids is 2. The molecule has 144 valence electrons. The molecule has 7 heteroatoms. The van der Waals surface area contributed by atoms with Crippen molar-refractivity contribution < 1.29 is 14.3 Å². The number of hydrogen-bond donors (Lipinski definition) is 2. The zero-order valence-corrected chi connectivity index (χ0v) is 17.8. The van der Waals surface area contributed by atoms with E-state index in [9.17, 15) is 9.59 Å². The van der Waals surface area contributed by atoms with Crippen molar-refractivity contribution in [2.75, 3.05) is 10.6 Å². The first-order chi connectivity index (χ1) is 12.7. The molecule has 0 aliphatic carbocycles. The molecule has 0 unspecified atom stereocenters. The lowest BCUT2D eigenvalue weighted by Gasteiger charge is -2.25. The fraction of sp³-hybridized carbons (Fsp3) is 0.300. The summed E-state index contributed by atoms with van der Waals surface area (Å²) in [4.78, 5) is 24.5. The molecule has 0 saturated carbocycles. The van der Waals surface area contributed by atoms with Gasteiger partial charge in [-0.1, -0.05) is 34.5 Å². The first-order valence-electron chi connectivity index (χ1n) is 8.56. The lowest BCUT2D eigenvalue weighted by molar-refractivity contribution is -0.128. The predicted molar refractivity (Wildman–Crippen MR) is 112 cm³/mol. The minimum absolute atomic E-state index is 0.0870. The van der Waals surface area contributed by atoms with Crippen molar-refractivity contribution in [2.24, 2.45) is 0 Å². The van der Waals surface area contributed by atoms with Gasteiger partial charge in [-0.05, 0) is 62.7 Å². The van der Waals surface area contributed by atoms with Crippen LogP contribution in [0.25, 0.3) is 0 Å². The highest BCUT2D eigenvalue weighted by Gasteiger charge is 2.30. The van der Waals surface area contributed by atoms with Gasteiger partial charge in [-0.15, -0.1) is 0 Å². The van der Waals surface area contributed by atoms with E-state index in [2.05, 4.69) is 26.6 Å². The van der Waals surface area contributed by atoms with Crippen LogP contribution in [0.3, 0.4) is 0 Å². The molecule has 0 fully saturated rings. The zero-order chi connectivity index (χ0) is 20.0. The summed E-state index contributed by atoms with van der Waals surface area (Å²) in [7, 11) is 0. The summed E-state index contributed by atoms with van der Waals surface area (Å²) < 4.78 is 6.73. The van der Waals surface area contributed by atoms with Crippen LogP contribution in [0.2, 0.25) is 5.02 Å². The molecule has 0 aromatic heterocycles. The summed E-state index contributed by atoms with van der Waals surface area (Å²) in [5, 5.41) is 5.93. The number of ether oxygens (including phenoxy) is 1. The quantitative estimate of drug-likeness (QED) is 0.570. The number of hydrogen-bond acceptors (Lipinski definition) is 3. The third-order valence-electron chi connectivity index (χ3n) is 3.71. The zero-order valence-electron chi connectivity index (χ0n) is 15.4. The Balaban J connectivity index is 2.11. The molecule has 0 bridgehead atoms. The molecule has 27 heavy (non-hydrogen) atoms. The third kappa shape index (κ3) is 6.26. The highest BCUT2D eigenvalue weighted by Crippen LogP contribution is 2.28. The Hall–Kier alpha value is -2.05. The van der Waals surface area contributed by atoms with Gasteiger partial charge in [0, 0.05) is 16.6 Å². The summed E-state index contributed by atoms with van der Waals surface area (Å²) in [6.07, 6.45) is 1.18. The van der Waals surface area contributed by atoms with Gasteiger partial charge in [0.2, 0.25) is 5.91 Å². The van der Waals surface area contributed by atoms with Gasteiger partial charge in [0.1, 0.15) is 5.75 Å². The predicted octanol–water partition coefficient (Wildman–Crippen LogP) is 5.64. The van der Waals surface area contributed by atoms with Crippen LogP contribution in [-0.2, 0) is 9.59 Å². The Morgan fingerprint density at radius 2 is 1.78 bits per heavy atom. The topological polar surface area (TPSA) is 67.4 Å². The average molecular weight is 454 g/mol. The van der Waals surface area contributed by atoms with E-state index in [0.717, 1.165) is 10.9 Å². The second kappa shape index (κ2) is 9.24. The van der Waals surface area contributed by atoms with Gasteiger partial charge in [0.05, 0.1) is 10.7 Å². The van der Waals surface area contributed by atoms with E-state index in [1.54, 1.807) is 44.2 Å². The summed E-state index contributed by atoms with van der Waals surface area (Å²) in [5.41, 5.74) is -0.151. The van der Waals surface area contributed by atoms with Gasteiger partial charge in [0.25, 0.3) is 5.91 Å². The van der Waals surface area contributed by atoms with Crippen LogP contribution in [-0.4, -0.2) is 17.4 Å². The molecule has 0 aliphatic heterocycles. The Kier molecular flexibility index (Phi) is 7.27. The monoisotopic (exact) mass is 452 g/mol. The van der Waals surface area contributed by atoms with Crippen molar-refractivity contribution in [3.8, 4) is 5.75 Å². The van der Waals surface area contributed by atoms with Crippen molar-refractivity contribution in [3.63, 3.8) is 0 Å². The normalized spacial score (nSPS) is 11.0. The summed E-state index contributed by atoms with van der Waals surface area (Å²) in [5.74, 6) is 0.130. The Bertz CT molecular complexity index is 822. The van der Waals surface area contributed by atoms with Gasteiger partial charge in [-0.25, -0.2) is 0 Å². The second-order valence-corrected chi connectivity index (χ2v) is 7.84. The standard InChI is InChI=1S/C20H22BrClN2O3/c1-4-5-18(25)23-14-8-11-16(22)17(12-14)24-19(26)20(2,3)27-15-9-6-13(21)7-10-15/h6-12H,4-5H2,1-3H3,(H,23,25)(H,24,26). The van der Waals surface area contributed by atoms with E-state index in [-0.39, 0.29) is 11.8 Å². The highest BCUT2D eigenvalue weighted by molar-refractivity contribution is 9.10. The van der Waals surface area contributed by atoms with Gasteiger partial charge >= 0.3 is 0 Å². The molecule has 0 heterocycles. The maximum Gasteiger partial charge on any atom is 0.268 e. The molecule has 2 amide bonds. The number of rotatable bonds is 7. The Labute approximate surface area is 172 Å². The molecule has 2 rings (SSSR count). The molecule has 0 saturated heterocycles. The minimum atomic E-state index is -1.13. The number of nitrogens with one attached hydrogen (secondary N) is 2. The van der Waals surface area contributed by atoms with Gasteiger partial charge in [-0.2, -0.15) is 0 Å². The molecule has 0 atom stereocenters. The van der Waals surface area contributed by atoms with E-state index in [1.165, 1.54) is 0 Å². The van der Waals surface area contributed by atoms with Gasteiger partial charge in [-0.3, -0.25) is 9.59 Å². The molecule has 0 radical (unpaired) electrons. The van der Waals surface area contributed by atoms with Crippen LogP contribution in [0.4, 0.5) is 11.4 Å². The van der Waals surface area contributed by atoms with Gasteiger partial charge in [0.15, 0.2) is 5.60 Å². The maximum atomic E-state index is 12.7. The second-order valence-electron chi connectivity index (χ2n) is 6.51. The maximum absolute atomic E-state index is 12.7. The van der Waals surface area contributed by atoms with E-state index in [1.807, 2.05) is 19.1 Å². The SMILES string of the molecule is CCCC(=O)Nc1ccc(Cl)c(NC(=O)C(C)(C)Oc2ccc(Br)cc2)c1. The number of anilines is 2. The molecule has 2 aromatic rings. The first-order valence-corrected chi connectivity index (χ1v) is 9.74. The minimum Gasteiger partial charge on any atom is -0.478 e. The van der Waals surface area contributed by atoms with Crippen LogP contribution in [0.5, 0.6) is 5.75 Å². The molecular formula is C20H22BrClN2O3. The first kappa shape index (κ1) is 21.3. The van der Waals surface area contributed by atoms with E-state index in [0.29, 0.717) is 28.6 Å². The van der Waals surface area contributed by atoms with Gasteiger partial charge < -0.3 is 15.4 Å². The lowest BCUT2D eigenvalue weighted by Crippen LogP contribution is -2.42. The lowest BCUT2D eigenvalue weighted by atomic mass is 10.1. The Morgan fingerprint density at radius 3 is 2.41 bits per heavy atom. The summed E-state index contributed by atoms with van der Waals surface area (Å²) >= 11 is 9.55. The smallest absolute Gasteiger partial charge is 0.268 e. The van der Waals surface area contributed by atoms with E-state index >= 15 is 0 Å².